The number of rotatable bonds is 11. The molecule has 0 unspecified atom stereocenters. The molecule has 2 aliphatic heterocycles. The van der Waals surface area contributed by atoms with Crippen LogP contribution >= 0.6 is 11.8 Å². The summed E-state index contributed by atoms with van der Waals surface area (Å²) in [5.41, 5.74) is 11.3. The van der Waals surface area contributed by atoms with Crippen LogP contribution in [0.4, 0.5) is 10.5 Å². The van der Waals surface area contributed by atoms with Crippen molar-refractivity contribution < 1.29 is 43.7 Å². The maximum atomic E-state index is 12.6. The van der Waals surface area contributed by atoms with Crippen LogP contribution in [0.1, 0.15) is 18.4 Å². The van der Waals surface area contributed by atoms with Gasteiger partial charge in [0.1, 0.15) is 29.8 Å². The van der Waals surface area contributed by atoms with Crippen LogP contribution in [0.3, 0.4) is 0 Å². The van der Waals surface area contributed by atoms with E-state index in [9.17, 15) is 33.9 Å². The quantitative estimate of drug-likeness (QED) is 0.192. The highest BCUT2D eigenvalue weighted by Gasteiger charge is 2.54. The Morgan fingerprint density at radius 3 is 2.41 bits per heavy atom. The monoisotopic (exact) mass is 535 g/mol. The first kappa shape index (κ1) is 27.5. The first-order chi connectivity index (χ1) is 17.5. The van der Waals surface area contributed by atoms with Gasteiger partial charge in [-0.25, -0.2) is 9.59 Å². The molecule has 8 N–H and O–H groups in total. The molecule has 0 bridgehead atoms. The molecule has 15 heteroatoms. The van der Waals surface area contributed by atoms with E-state index in [1.165, 1.54) is 11.8 Å². The second-order valence-electron chi connectivity index (χ2n) is 8.23. The number of primary amides is 1. The number of ether oxygens (including phenoxy) is 1. The van der Waals surface area contributed by atoms with E-state index in [2.05, 4.69) is 15.4 Å². The summed E-state index contributed by atoms with van der Waals surface area (Å²) in [4.78, 5) is 71.5. The summed E-state index contributed by atoms with van der Waals surface area (Å²) in [6, 6.07) is 4.32. The van der Waals surface area contributed by atoms with Crippen molar-refractivity contribution in [2.75, 3.05) is 17.7 Å². The number of nitrogens with two attached hydrogens (primary N) is 2. The van der Waals surface area contributed by atoms with Gasteiger partial charge in [0, 0.05) is 23.4 Å². The summed E-state index contributed by atoms with van der Waals surface area (Å²) in [5.74, 6) is -3.83. The topological polar surface area (TPSA) is 231 Å². The number of fused-ring (bicyclic) bond motifs is 1. The summed E-state index contributed by atoms with van der Waals surface area (Å²) in [5, 5.41) is 22.9. The number of benzene rings is 1. The molecule has 2 heterocycles. The van der Waals surface area contributed by atoms with Crippen molar-refractivity contribution in [3.8, 4) is 0 Å². The lowest BCUT2D eigenvalue weighted by Crippen LogP contribution is -2.70. The zero-order chi connectivity index (χ0) is 27.3. The highest BCUT2D eigenvalue weighted by atomic mass is 32.2. The van der Waals surface area contributed by atoms with Crippen LogP contribution in [-0.4, -0.2) is 80.7 Å². The number of nitrogens with zero attached hydrogens (tertiary/aromatic N) is 1. The molecule has 1 fully saturated rings. The number of carbonyl (C=O) groups excluding carboxylic acids is 4. The fourth-order valence-electron chi connectivity index (χ4n) is 3.70. The summed E-state index contributed by atoms with van der Waals surface area (Å²) < 4.78 is 4.67. The summed E-state index contributed by atoms with van der Waals surface area (Å²) in [6.07, 6.45) is -1.22. The largest absolute Gasteiger partial charge is 0.480 e. The number of amides is 4. The van der Waals surface area contributed by atoms with Crippen molar-refractivity contribution in [3.05, 3.63) is 41.1 Å². The van der Waals surface area contributed by atoms with Gasteiger partial charge in [0.05, 0.1) is 6.42 Å². The molecule has 0 aliphatic carbocycles. The Kier molecular flexibility index (Phi) is 8.73. The van der Waals surface area contributed by atoms with Crippen LogP contribution in [-0.2, 0) is 35.1 Å². The lowest BCUT2D eigenvalue weighted by molar-refractivity contribution is -0.150. The first-order valence-corrected chi connectivity index (χ1v) is 12.0. The molecule has 4 amide bonds. The minimum atomic E-state index is -1.36. The molecular weight excluding hydrogens is 510 g/mol. The van der Waals surface area contributed by atoms with Gasteiger partial charge >= 0.3 is 18.0 Å². The number of hydrogen-bond donors (Lipinski definition) is 6. The molecule has 1 aromatic rings. The van der Waals surface area contributed by atoms with Gasteiger partial charge in [-0.2, -0.15) is 0 Å². The lowest BCUT2D eigenvalue weighted by atomic mass is 10.0. The predicted molar refractivity (Wildman–Crippen MR) is 129 cm³/mol. The van der Waals surface area contributed by atoms with E-state index in [-0.39, 0.29) is 42.9 Å². The number of thioether (sulfide) groups is 1. The molecule has 2 aliphatic rings. The predicted octanol–water partition coefficient (Wildman–Crippen LogP) is -0.806. The first-order valence-electron chi connectivity index (χ1n) is 11.0. The second kappa shape index (κ2) is 11.7. The highest BCUT2D eigenvalue weighted by Crippen LogP contribution is 2.40. The highest BCUT2D eigenvalue weighted by molar-refractivity contribution is 8.00. The maximum Gasteiger partial charge on any atom is 0.404 e. The standard InChI is InChI=1S/C22H25N5O9S/c23-13(20(31)32)5-6-14(28)25-12-3-1-10(2-4-12)7-15(29)26-16-18(30)27-17(21(33)34)11(8-36-22(24)35)9-37-19(16)27/h1-4,13,16,19H,5-9,23H2,(H2,24,35)(H,25,28)(H,26,29)(H,31,32)(H,33,34)/t13-,16-,19-/m1/s1. The second-order valence-corrected chi connectivity index (χ2v) is 9.33. The van der Waals surface area contributed by atoms with Gasteiger partial charge in [-0.1, -0.05) is 12.1 Å². The number of hydrogen-bond acceptors (Lipinski definition) is 9. The molecule has 37 heavy (non-hydrogen) atoms. The summed E-state index contributed by atoms with van der Waals surface area (Å²) in [6.45, 7) is -0.357. The molecule has 14 nitrogen and oxygen atoms in total. The van der Waals surface area contributed by atoms with Crippen molar-refractivity contribution in [3.63, 3.8) is 0 Å². The van der Waals surface area contributed by atoms with Crippen molar-refractivity contribution in [2.24, 2.45) is 11.5 Å². The van der Waals surface area contributed by atoms with E-state index in [1.54, 1.807) is 24.3 Å². The van der Waals surface area contributed by atoms with Crippen LogP contribution in [0.5, 0.6) is 0 Å². The minimum absolute atomic E-state index is 0.0117. The number of carboxylic acids is 2. The van der Waals surface area contributed by atoms with Crippen molar-refractivity contribution in [1.82, 2.24) is 10.2 Å². The third-order valence-electron chi connectivity index (χ3n) is 5.56. The Morgan fingerprint density at radius 2 is 1.81 bits per heavy atom. The number of β-lactam (4-membered cyclic amide) rings is 1. The number of aliphatic carboxylic acids is 2. The van der Waals surface area contributed by atoms with Crippen LogP contribution in [0.2, 0.25) is 0 Å². The van der Waals surface area contributed by atoms with Gasteiger partial charge in [-0.3, -0.25) is 24.1 Å². The van der Waals surface area contributed by atoms with Gasteiger partial charge in [0.2, 0.25) is 11.8 Å². The molecule has 3 atom stereocenters. The molecule has 0 spiro atoms. The van der Waals surface area contributed by atoms with Gasteiger partial charge < -0.3 is 37.1 Å². The van der Waals surface area contributed by atoms with Crippen molar-refractivity contribution in [2.45, 2.75) is 36.7 Å². The molecule has 1 saturated heterocycles. The third-order valence-corrected chi connectivity index (χ3v) is 6.90. The van der Waals surface area contributed by atoms with Crippen LogP contribution in [0.25, 0.3) is 0 Å². The van der Waals surface area contributed by atoms with Gasteiger partial charge in [0.25, 0.3) is 5.91 Å². The summed E-state index contributed by atoms with van der Waals surface area (Å²) >= 11 is 1.23. The number of carbonyl (C=O) groups is 6. The fraction of sp³-hybridized carbons (Fsp3) is 0.364. The van der Waals surface area contributed by atoms with Gasteiger partial charge in [0.15, 0.2) is 0 Å². The average Bonchev–Trinajstić information content (AvgIpc) is 2.84. The van der Waals surface area contributed by atoms with Gasteiger partial charge in [-0.15, -0.1) is 11.8 Å². The molecule has 0 saturated carbocycles. The maximum absolute atomic E-state index is 12.6. The van der Waals surface area contributed by atoms with E-state index in [1.807, 2.05) is 0 Å². The number of anilines is 1. The molecular formula is C22H25N5O9S. The molecule has 0 radical (unpaired) electrons. The van der Waals surface area contributed by atoms with Gasteiger partial charge in [-0.05, 0) is 24.1 Å². The Balaban J connectivity index is 1.53. The Morgan fingerprint density at radius 1 is 1.14 bits per heavy atom. The molecule has 198 valence electrons. The normalized spacial score (nSPS) is 19.3. The lowest BCUT2D eigenvalue weighted by Gasteiger charge is -2.49. The zero-order valence-electron chi connectivity index (χ0n) is 19.3. The molecule has 1 aromatic carbocycles. The van der Waals surface area contributed by atoms with Crippen molar-refractivity contribution in [1.29, 1.82) is 0 Å². The summed E-state index contributed by atoms with van der Waals surface area (Å²) in [7, 11) is 0. The SMILES string of the molecule is NC(=O)OCC1=C(C(=O)O)N2C(=O)[C@@H](NC(=O)Cc3ccc(NC(=O)CC[C@@H](N)C(=O)O)cc3)[C@H]2SC1. The van der Waals surface area contributed by atoms with E-state index >= 15 is 0 Å². The van der Waals surface area contributed by atoms with Crippen LogP contribution in [0, 0.1) is 0 Å². The Hall–Kier alpha value is -4.11. The smallest absolute Gasteiger partial charge is 0.404 e. The number of carboxylic acid groups (broad SMARTS) is 2. The Labute approximate surface area is 214 Å². The number of nitrogens with one attached hydrogen (secondary N) is 2. The fourth-order valence-corrected chi connectivity index (χ4v) is 5.03. The minimum Gasteiger partial charge on any atom is -0.480 e. The third kappa shape index (κ3) is 6.77. The van der Waals surface area contributed by atoms with Crippen LogP contribution in [0.15, 0.2) is 35.5 Å². The van der Waals surface area contributed by atoms with E-state index in [4.69, 9.17) is 16.6 Å². The van der Waals surface area contributed by atoms with Crippen molar-refractivity contribution >= 4 is 53.2 Å². The molecule has 0 aromatic heterocycles. The molecule has 3 rings (SSSR count). The average molecular weight is 536 g/mol. The van der Waals surface area contributed by atoms with E-state index in [0.717, 1.165) is 4.90 Å². The van der Waals surface area contributed by atoms with E-state index in [0.29, 0.717) is 11.3 Å². The van der Waals surface area contributed by atoms with Crippen LogP contribution < -0.4 is 22.1 Å². The Bertz CT molecular complexity index is 1150. The van der Waals surface area contributed by atoms with E-state index < -0.39 is 53.2 Å². The zero-order valence-corrected chi connectivity index (χ0v) is 20.2.